The Kier molecular flexibility index (Phi) is 7.64. The number of nitrogens with one attached hydrogen (secondary N) is 1. The lowest BCUT2D eigenvalue weighted by Gasteiger charge is -2.11. The van der Waals surface area contributed by atoms with Crippen LogP contribution in [-0.4, -0.2) is 24.2 Å². The van der Waals surface area contributed by atoms with E-state index in [1.807, 2.05) is 0 Å². The average Bonchev–Trinajstić information content (AvgIpc) is 2.79. The number of hydrogen-bond donors (Lipinski definition) is 1. The van der Waals surface area contributed by atoms with Crippen molar-refractivity contribution in [2.75, 3.05) is 7.11 Å². The van der Waals surface area contributed by atoms with E-state index < -0.39 is 22.5 Å². The van der Waals surface area contributed by atoms with E-state index in [-0.39, 0.29) is 24.5 Å². The second-order valence-electron chi connectivity index (χ2n) is 6.83. The third-order valence-electron chi connectivity index (χ3n) is 4.50. The molecule has 3 aromatic rings. The van der Waals surface area contributed by atoms with Crippen LogP contribution in [0.25, 0.3) is 0 Å². The van der Waals surface area contributed by atoms with Gasteiger partial charge in [-0.05, 0) is 41.5 Å². The van der Waals surface area contributed by atoms with Crippen molar-refractivity contribution in [2.45, 2.75) is 13.0 Å². The number of benzene rings is 3. The maximum atomic E-state index is 13.8. The highest BCUT2D eigenvalue weighted by Gasteiger charge is 2.10. The number of carbonyl (C=O) groups is 1. The average molecular weight is 455 g/mol. The van der Waals surface area contributed by atoms with Gasteiger partial charge in [0, 0.05) is 23.8 Å². The predicted molar refractivity (Wildman–Crippen MR) is 116 cm³/mol. The lowest BCUT2D eigenvalue weighted by atomic mass is 10.1. The first-order valence-corrected chi connectivity index (χ1v) is 9.65. The summed E-state index contributed by atoms with van der Waals surface area (Å²) in [6, 6.07) is 13.7. The zero-order valence-electron chi connectivity index (χ0n) is 17.5. The highest BCUT2D eigenvalue weighted by molar-refractivity contribution is 5.83. The fraction of sp³-hybridized carbons (Fsp3) is 0.130. The quantitative estimate of drug-likeness (QED) is 0.297. The van der Waals surface area contributed by atoms with Crippen molar-refractivity contribution in [2.24, 2.45) is 5.10 Å². The minimum Gasteiger partial charge on any atom is -0.496 e. The van der Waals surface area contributed by atoms with Gasteiger partial charge >= 0.3 is 0 Å². The number of carbonyl (C=O) groups excluding carboxylic acids is 1. The molecular formula is C23H19F2N3O5. The van der Waals surface area contributed by atoms with Crippen molar-refractivity contribution in [3.63, 3.8) is 0 Å². The molecule has 1 N–H and O–H groups in total. The molecule has 8 nitrogen and oxygen atoms in total. The van der Waals surface area contributed by atoms with E-state index >= 15 is 0 Å². The maximum Gasteiger partial charge on any atom is 0.269 e. The first-order valence-electron chi connectivity index (χ1n) is 9.65. The van der Waals surface area contributed by atoms with Crippen LogP contribution in [0.2, 0.25) is 0 Å². The van der Waals surface area contributed by atoms with E-state index in [2.05, 4.69) is 10.5 Å². The number of non-ortho nitro benzene ring substituents is 1. The smallest absolute Gasteiger partial charge is 0.269 e. The molecule has 0 aromatic heterocycles. The van der Waals surface area contributed by atoms with Crippen molar-refractivity contribution >= 4 is 17.8 Å². The zero-order valence-corrected chi connectivity index (χ0v) is 17.5. The number of nitro benzene ring substituents is 1. The molecule has 0 bridgehead atoms. The second-order valence-corrected chi connectivity index (χ2v) is 6.83. The Hall–Kier alpha value is -4.34. The standard InChI is InChI=1S/C23H19F2N3O5/c1-32-21-8-4-16(10-17(21)14-33-22-9-5-18(24)12-20(22)25)13-26-27-23(29)11-15-2-6-19(7-3-15)28(30)31/h2-10,12-13H,11,14H2,1H3,(H,27,29)/b26-13+. The molecule has 33 heavy (non-hydrogen) atoms. The SMILES string of the molecule is COc1ccc(/C=N/NC(=O)Cc2ccc([N+](=O)[O-])cc2)cc1COc1ccc(F)cc1F. The molecule has 170 valence electrons. The number of ether oxygens (including phenoxy) is 2. The van der Waals surface area contributed by atoms with Gasteiger partial charge in [0.25, 0.3) is 5.69 Å². The molecule has 0 saturated heterocycles. The Labute approximate surface area is 187 Å². The Morgan fingerprint density at radius 1 is 1.09 bits per heavy atom. The van der Waals surface area contributed by atoms with E-state index in [4.69, 9.17) is 9.47 Å². The van der Waals surface area contributed by atoms with Gasteiger partial charge in [0.1, 0.15) is 18.2 Å². The van der Waals surface area contributed by atoms with Crippen molar-refractivity contribution in [1.29, 1.82) is 0 Å². The largest absolute Gasteiger partial charge is 0.496 e. The molecule has 0 saturated carbocycles. The van der Waals surface area contributed by atoms with Crippen LogP contribution in [0.15, 0.2) is 65.8 Å². The van der Waals surface area contributed by atoms with E-state index in [0.29, 0.717) is 22.4 Å². The first kappa shape index (κ1) is 23.3. The number of halogens is 2. The van der Waals surface area contributed by atoms with Crippen LogP contribution in [-0.2, 0) is 17.8 Å². The third-order valence-corrected chi connectivity index (χ3v) is 4.50. The van der Waals surface area contributed by atoms with Crippen LogP contribution in [0.1, 0.15) is 16.7 Å². The summed E-state index contributed by atoms with van der Waals surface area (Å²) in [5, 5.41) is 14.6. The summed E-state index contributed by atoms with van der Waals surface area (Å²) < 4.78 is 37.5. The molecule has 0 aliphatic carbocycles. The number of amides is 1. The number of nitro groups is 1. The summed E-state index contributed by atoms with van der Waals surface area (Å²) in [6.07, 6.45) is 1.41. The zero-order chi connectivity index (χ0) is 23.8. The molecular weight excluding hydrogens is 436 g/mol. The van der Waals surface area contributed by atoms with E-state index in [0.717, 1.165) is 12.1 Å². The minimum atomic E-state index is -0.817. The van der Waals surface area contributed by atoms with Gasteiger partial charge < -0.3 is 9.47 Å². The van der Waals surface area contributed by atoms with Gasteiger partial charge in [-0.25, -0.2) is 14.2 Å². The Morgan fingerprint density at radius 3 is 2.48 bits per heavy atom. The van der Waals surface area contributed by atoms with Crippen LogP contribution < -0.4 is 14.9 Å². The van der Waals surface area contributed by atoms with Gasteiger partial charge in [0.15, 0.2) is 11.6 Å². The highest BCUT2D eigenvalue weighted by atomic mass is 19.1. The van der Waals surface area contributed by atoms with Crippen LogP contribution >= 0.6 is 0 Å². The maximum absolute atomic E-state index is 13.8. The van der Waals surface area contributed by atoms with Crippen LogP contribution in [0.4, 0.5) is 14.5 Å². The van der Waals surface area contributed by atoms with E-state index in [1.54, 1.807) is 18.2 Å². The molecule has 0 aliphatic heterocycles. The normalized spacial score (nSPS) is 10.8. The number of methoxy groups -OCH3 is 1. The van der Waals surface area contributed by atoms with E-state index in [9.17, 15) is 23.7 Å². The van der Waals surface area contributed by atoms with Gasteiger partial charge in [-0.15, -0.1) is 0 Å². The molecule has 0 radical (unpaired) electrons. The minimum absolute atomic E-state index is 0.000269. The van der Waals surface area contributed by atoms with Crippen molar-refractivity contribution in [1.82, 2.24) is 5.43 Å². The number of hydrogen-bond acceptors (Lipinski definition) is 6. The summed E-state index contributed by atoms with van der Waals surface area (Å²) >= 11 is 0. The number of rotatable bonds is 9. The van der Waals surface area contributed by atoms with Gasteiger partial charge in [0.05, 0.1) is 24.7 Å². The topological polar surface area (TPSA) is 103 Å². The van der Waals surface area contributed by atoms with Gasteiger partial charge in [0.2, 0.25) is 5.91 Å². The Morgan fingerprint density at radius 2 is 1.82 bits per heavy atom. The molecule has 0 unspecified atom stereocenters. The summed E-state index contributed by atoms with van der Waals surface area (Å²) in [5.41, 5.74) is 4.13. The predicted octanol–water partition coefficient (Wildman–Crippen LogP) is 4.15. The molecule has 3 rings (SSSR count). The lowest BCUT2D eigenvalue weighted by Crippen LogP contribution is -2.19. The Balaban J connectivity index is 1.60. The molecule has 1 amide bonds. The number of hydrazone groups is 1. The van der Waals surface area contributed by atoms with E-state index in [1.165, 1.54) is 43.7 Å². The number of nitrogens with zero attached hydrogens (tertiary/aromatic N) is 2. The fourth-order valence-corrected chi connectivity index (χ4v) is 2.88. The van der Waals surface area contributed by atoms with Gasteiger partial charge in [-0.1, -0.05) is 12.1 Å². The van der Waals surface area contributed by atoms with Crippen molar-refractivity contribution in [3.8, 4) is 11.5 Å². The van der Waals surface area contributed by atoms with Crippen LogP contribution in [0.5, 0.6) is 11.5 Å². The molecule has 3 aromatic carbocycles. The highest BCUT2D eigenvalue weighted by Crippen LogP contribution is 2.24. The molecule has 0 aliphatic rings. The van der Waals surface area contributed by atoms with Gasteiger partial charge in [-0.3, -0.25) is 14.9 Å². The first-order chi connectivity index (χ1) is 15.9. The molecule has 0 heterocycles. The van der Waals surface area contributed by atoms with Crippen LogP contribution in [0, 0.1) is 21.7 Å². The summed E-state index contributed by atoms with van der Waals surface area (Å²) in [5.74, 6) is -1.52. The second kappa shape index (κ2) is 10.8. The fourth-order valence-electron chi connectivity index (χ4n) is 2.88. The lowest BCUT2D eigenvalue weighted by molar-refractivity contribution is -0.384. The van der Waals surface area contributed by atoms with Crippen molar-refractivity contribution in [3.05, 3.63) is 99.1 Å². The molecule has 0 spiro atoms. The third kappa shape index (κ3) is 6.57. The van der Waals surface area contributed by atoms with Crippen LogP contribution in [0.3, 0.4) is 0 Å². The summed E-state index contributed by atoms with van der Waals surface area (Å²) in [4.78, 5) is 22.2. The monoisotopic (exact) mass is 455 g/mol. The summed E-state index contributed by atoms with van der Waals surface area (Å²) in [6.45, 7) is -0.0418. The molecule has 0 fully saturated rings. The summed E-state index contributed by atoms with van der Waals surface area (Å²) in [7, 11) is 1.48. The Bertz CT molecular complexity index is 1180. The van der Waals surface area contributed by atoms with Gasteiger partial charge in [-0.2, -0.15) is 5.10 Å². The molecule has 10 heteroatoms. The van der Waals surface area contributed by atoms with Crippen molar-refractivity contribution < 1.29 is 28.0 Å². The molecule has 0 atom stereocenters.